The van der Waals surface area contributed by atoms with Crippen LogP contribution in [-0.4, -0.2) is 35.4 Å². The van der Waals surface area contributed by atoms with Gasteiger partial charge < -0.3 is 14.4 Å². The molecule has 0 saturated carbocycles. The van der Waals surface area contributed by atoms with Crippen LogP contribution in [0.3, 0.4) is 0 Å². The maximum Gasteiger partial charge on any atom is 0.322 e. The van der Waals surface area contributed by atoms with E-state index in [0.29, 0.717) is 16.8 Å². The summed E-state index contributed by atoms with van der Waals surface area (Å²) >= 11 is 0. The highest BCUT2D eigenvalue weighted by atomic mass is 31.1. The van der Waals surface area contributed by atoms with Gasteiger partial charge in [0.2, 0.25) is 0 Å². The molecular formula is C27H26F2NO5P. The first kappa shape index (κ1) is 27.2. The van der Waals surface area contributed by atoms with Crippen LogP contribution in [0.25, 0.3) is 22.4 Å². The average Bonchev–Trinajstić information content (AvgIpc) is 2.85. The van der Waals surface area contributed by atoms with Crippen LogP contribution >= 0.6 is 8.03 Å². The summed E-state index contributed by atoms with van der Waals surface area (Å²) in [4.78, 5) is 16.6. The molecule has 0 aliphatic rings. The molecule has 2 unspecified atom stereocenters. The van der Waals surface area contributed by atoms with Crippen LogP contribution in [0.2, 0.25) is 0 Å². The number of aliphatic hydroxyl groups is 1. The molecule has 3 rings (SSSR count). The number of halogens is 2. The summed E-state index contributed by atoms with van der Waals surface area (Å²) in [6, 6.07) is 14.2. The molecule has 0 amide bonds. The number of hydrogen-bond acceptors (Lipinski definition) is 6. The molecule has 6 nitrogen and oxygen atoms in total. The molecule has 9 heteroatoms. The van der Waals surface area contributed by atoms with Crippen LogP contribution in [-0.2, 0) is 18.6 Å². The fourth-order valence-corrected chi connectivity index (χ4v) is 4.21. The van der Waals surface area contributed by atoms with Crippen LogP contribution in [0.15, 0.2) is 54.6 Å². The zero-order valence-corrected chi connectivity index (χ0v) is 21.0. The smallest absolute Gasteiger partial charge is 0.322 e. The van der Waals surface area contributed by atoms with Gasteiger partial charge in [-0.25, -0.2) is 13.8 Å². The van der Waals surface area contributed by atoms with E-state index in [9.17, 15) is 18.9 Å². The summed E-state index contributed by atoms with van der Waals surface area (Å²) < 4.78 is 50.6. The highest BCUT2D eigenvalue weighted by Crippen LogP contribution is 2.36. The number of esters is 1. The van der Waals surface area contributed by atoms with Gasteiger partial charge in [0.15, 0.2) is 13.8 Å². The van der Waals surface area contributed by atoms with Crippen molar-refractivity contribution in [3.8, 4) is 34.4 Å². The lowest BCUT2D eigenvalue weighted by Crippen LogP contribution is -2.17. The number of pyridine rings is 1. The standard InChI is InChI=1S/C27H26F2NO5P/c1-17(2)26-22(13-14-35-23(32)15-21(31)16-36(33)34-3)24(18-9-11-20(28)12-10-18)25(29)27(30-26)19-7-5-4-6-8-19/h4-12,17,21,31,36H,15-16H2,1-3H3. The van der Waals surface area contributed by atoms with Crippen LogP contribution in [0.5, 0.6) is 0 Å². The Morgan fingerprint density at radius 3 is 2.36 bits per heavy atom. The maximum absolute atomic E-state index is 16.0. The van der Waals surface area contributed by atoms with E-state index in [-0.39, 0.29) is 28.9 Å². The zero-order valence-electron chi connectivity index (χ0n) is 20.0. The lowest BCUT2D eigenvalue weighted by Gasteiger charge is -2.17. The second kappa shape index (κ2) is 12.5. The predicted molar refractivity (Wildman–Crippen MR) is 134 cm³/mol. The summed E-state index contributed by atoms with van der Waals surface area (Å²) in [7, 11) is -1.19. The van der Waals surface area contributed by atoms with Crippen LogP contribution in [0.1, 0.15) is 37.4 Å². The number of aromatic nitrogens is 1. The molecule has 0 aliphatic carbocycles. The first-order valence-corrected chi connectivity index (χ1v) is 12.7. The van der Waals surface area contributed by atoms with E-state index in [2.05, 4.69) is 21.5 Å². The quantitative estimate of drug-likeness (QED) is 0.242. The van der Waals surface area contributed by atoms with Gasteiger partial charge in [0.1, 0.15) is 17.6 Å². The highest BCUT2D eigenvalue weighted by Gasteiger charge is 2.23. The van der Waals surface area contributed by atoms with Crippen LogP contribution in [0.4, 0.5) is 8.78 Å². The van der Waals surface area contributed by atoms with E-state index in [0.717, 1.165) is 0 Å². The van der Waals surface area contributed by atoms with Crippen molar-refractivity contribution in [1.29, 1.82) is 0 Å². The maximum atomic E-state index is 16.0. The van der Waals surface area contributed by atoms with Gasteiger partial charge in [0.05, 0.1) is 23.8 Å². The number of aliphatic hydroxyl groups excluding tert-OH is 1. The number of carbonyl (C=O) groups excluding carboxylic acids is 1. The molecule has 188 valence electrons. The van der Waals surface area contributed by atoms with Gasteiger partial charge in [-0.1, -0.05) is 56.3 Å². The molecule has 0 aliphatic heterocycles. The third kappa shape index (κ3) is 6.86. The summed E-state index contributed by atoms with van der Waals surface area (Å²) in [6.07, 6.45) is 0.450. The Kier molecular flexibility index (Phi) is 9.49. The highest BCUT2D eigenvalue weighted by molar-refractivity contribution is 7.39. The van der Waals surface area contributed by atoms with E-state index in [1.807, 2.05) is 19.9 Å². The summed E-state index contributed by atoms with van der Waals surface area (Å²) in [5, 5.41) is 9.85. The minimum atomic E-state index is -2.44. The van der Waals surface area contributed by atoms with Crippen molar-refractivity contribution in [2.24, 2.45) is 0 Å². The first-order chi connectivity index (χ1) is 17.2. The molecule has 2 atom stereocenters. The Morgan fingerprint density at radius 2 is 1.75 bits per heavy atom. The monoisotopic (exact) mass is 513 g/mol. The van der Waals surface area contributed by atoms with Gasteiger partial charge in [-0.3, -0.25) is 9.36 Å². The number of hydrogen-bond donors (Lipinski definition) is 1. The summed E-state index contributed by atoms with van der Waals surface area (Å²) in [5.41, 5.74) is 1.84. The molecular weight excluding hydrogens is 487 g/mol. The second-order valence-corrected chi connectivity index (χ2v) is 9.84. The molecule has 0 radical (unpaired) electrons. The minimum Gasteiger partial charge on any atom is -0.392 e. The first-order valence-electron chi connectivity index (χ1n) is 11.2. The van der Waals surface area contributed by atoms with Gasteiger partial charge in [-0.05, 0) is 29.5 Å². The van der Waals surface area contributed by atoms with Crippen molar-refractivity contribution in [2.45, 2.75) is 32.3 Å². The van der Waals surface area contributed by atoms with Gasteiger partial charge in [-0.15, -0.1) is 0 Å². The molecule has 1 aromatic heterocycles. The van der Waals surface area contributed by atoms with Gasteiger partial charge in [-0.2, -0.15) is 0 Å². The largest absolute Gasteiger partial charge is 0.392 e. The molecule has 3 aromatic rings. The minimum absolute atomic E-state index is 0.106. The van der Waals surface area contributed by atoms with Crippen molar-refractivity contribution < 1.29 is 32.5 Å². The van der Waals surface area contributed by atoms with Crippen molar-refractivity contribution >= 4 is 14.0 Å². The topological polar surface area (TPSA) is 85.7 Å². The Balaban J connectivity index is 2.06. The van der Waals surface area contributed by atoms with Crippen LogP contribution in [0, 0.1) is 23.7 Å². The van der Waals surface area contributed by atoms with Gasteiger partial charge >= 0.3 is 5.97 Å². The number of ether oxygens (including phenoxy) is 1. The third-order valence-corrected chi connectivity index (χ3v) is 6.53. The Morgan fingerprint density at radius 1 is 1.08 bits per heavy atom. The number of benzene rings is 2. The van der Waals surface area contributed by atoms with Gasteiger partial charge in [0.25, 0.3) is 0 Å². The number of rotatable bonds is 8. The van der Waals surface area contributed by atoms with Crippen molar-refractivity contribution in [3.05, 3.63) is 77.5 Å². The summed E-state index contributed by atoms with van der Waals surface area (Å²) in [5.74, 6) is 0.558. The molecule has 2 aromatic carbocycles. The zero-order chi connectivity index (χ0) is 26.2. The van der Waals surface area contributed by atoms with E-state index >= 15 is 4.39 Å². The van der Waals surface area contributed by atoms with Gasteiger partial charge in [0, 0.05) is 24.4 Å². The number of carbonyl (C=O) groups is 1. The Labute approximate surface area is 209 Å². The average molecular weight is 513 g/mol. The Bertz CT molecular complexity index is 1300. The lowest BCUT2D eigenvalue weighted by molar-refractivity contribution is -0.138. The molecule has 36 heavy (non-hydrogen) atoms. The van der Waals surface area contributed by atoms with E-state index in [1.165, 1.54) is 31.4 Å². The normalized spacial score (nSPS) is 12.5. The van der Waals surface area contributed by atoms with Crippen molar-refractivity contribution in [2.75, 3.05) is 13.3 Å². The molecule has 1 N–H and O–H groups in total. The fourth-order valence-electron chi connectivity index (χ4n) is 3.52. The SMILES string of the molecule is CO[PH](=O)CC(O)CC(=O)OC#Cc1c(C(C)C)nc(-c2ccccc2)c(F)c1-c1ccc(F)cc1. The lowest BCUT2D eigenvalue weighted by atomic mass is 9.92. The van der Waals surface area contributed by atoms with Crippen molar-refractivity contribution in [1.82, 2.24) is 4.98 Å². The molecule has 0 fully saturated rings. The summed E-state index contributed by atoms with van der Waals surface area (Å²) in [6.45, 7) is 3.74. The molecule has 1 heterocycles. The predicted octanol–water partition coefficient (Wildman–Crippen LogP) is 5.54. The molecule has 0 bridgehead atoms. The number of nitrogens with zero attached hydrogens (tertiary/aromatic N) is 1. The van der Waals surface area contributed by atoms with E-state index in [4.69, 9.17) is 4.74 Å². The third-order valence-electron chi connectivity index (χ3n) is 5.27. The van der Waals surface area contributed by atoms with E-state index < -0.39 is 38.2 Å². The second-order valence-electron chi connectivity index (χ2n) is 8.28. The fraction of sp³-hybridized carbons (Fsp3) is 0.259. The van der Waals surface area contributed by atoms with Crippen molar-refractivity contribution in [3.63, 3.8) is 0 Å². The Hall–Kier alpha value is -3.37. The van der Waals surface area contributed by atoms with E-state index in [1.54, 1.807) is 24.3 Å². The molecule has 0 saturated heterocycles. The van der Waals surface area contributed by atoms with Crippen LogP contribution < -0.4 is 0 Å². The molecule has 0 spiro atoms.